The molecule has 0 bridgehead atoms. The number of benzene rings is 2. The molecule has 0 spiro atoms. The minimum Gasteiger partial charge on any atom is -0.325 e. The van der Waals surface area contributed by atoms with Crippen LogP contribution in [0.3, 0.4) is 0 Å². The van der Waals surface area contributed by atoms with E-state index in [1.807, 2.05) is 6.07 Å². The summed E-state index contributed by atoms with van der Waals surface area (Å²) in [5.74, 6) is -0.366. The molecular weight excluding hydrogens is 275 g/mol. The molecule has 1 N–H and O–H groups in total. The summed E-state index contributed by atoms with van der Waals surface area (Å²) in [6.45, 7) is 0. The third-order valence-corrected chi connectivity index (χ3v) is 3.47. The van der Waals surface area contributed by atoms with Gasteiger partial charge in [-0.3, -0.25) is 4.79 Å². The Morgan fingerprint density at radius 1 is 1.25 bits per heavy atom. The SMILES string of the molecule is N#Cc1ccc(SCC(=O)Nc2cccc(F)c2)cc1. The van der Waals surface area contributed by atoms with Crippen LogP contribution >= 0.6 is 11.8 Å². The van der Waals surface area contributed by atoms with Gasteiger partial charge in [0.1, 0.15) is 5.82 Å². The number of halogens is 1. The van der Waals surface area contributed by atoms with Crippen LogP contribution in [0.15, 0.2) is 53.4 Å². The van der Waals surface area contributed by atoms with Gasteiger partial charge in [-0.05, 0) is 42.5 Å². The first-order chi connectivity index (χ1) is 9.67. The Labute approximate surface area is 120 Å². The molecule has 3 nitrogen and oxygen atoms in total. The molecule has 100 valence electrons. The highest BCUT2D eigenvalue weighted by Gasteiger charge is 2.04. The number of hydrogen-bond donors (Lipinski definition) is 1. The van der Waals surface area contributed by atoms with Crippen LogP contribution in [0, 0.1) is 17.1 Å². The van der Waals surface area contributed by atoms with E-state index in [4.69, 9.17) is 5.26 Å². The minimum absolute atomic E-state index is 0.204. The first-order valence-corrected chi connectivity index (χ1v) is 6.84. The molecule has 0 aliphatic rings. The van der Waals surface area contributed by atoms with Crippen LogP contribution in [0.5, 0.6) is 0 Å². The third-order valence-electron chi connectivity index (χ3n) is 2.46. The van der Waals surface area contributed by atoms with Crippen molar-refractivity contribution in [2.24, 2.45) is 0 Å². The van der Waals surface area contributed by atoms with E-state index in [0.29, 0.717) is 11.3 Å². The predicted molar refractivity (Wildman–Crippen MR) is 76.9 cm³/mol. The second-order valence-corrected chi connectivity index (χ2v) is 5.03. The molecule has 0 saturated carbocycles. The van der Waals surface area contributed by atoms with Gasteiger partial charge in [0.15, 0.2) is 0 Å². The van der Waals surface area contributed by atoms with Gasteiger partial charge in [-0.1, -0.05) is 6.07 Å². The number of rotatable bonds is 4. The number of nitriles is 1. The molecule has 20 heavy (non-hydrogen) atoms. The second kappa shape index (κ2) is 6.73. The zero-order valence-electron chi connectivity index (χ0n) is 10.5. The molecule has 5 heteroatoms. The fourth-order valence-corrected chi connectivity index (χ4v) is 2.24. The Morgan fingerprint density at radius 3 is 2.65 bits per heavy atom. The monoisotopic (exact) mass is 286 g/mol. The van der Waals surface area contributed by atoms with Gasteiger partial charge in [-0.15, -0.1) is 11.8 Å². The maximum Gasteiger partial charge on any atom is 0.234 e. The van der Waals surface area contributed by atoms with Crippen LogP contribution in [-0.4, -0.2) is 11.7 Å². The van der Waals surface area contributed by atoms with Crippen molar-refractivity contribution in [2.75, 3.05) is 11.1 Å². The molecule has 0 saturated heterocycles. The molecule has 0 unspecified atom stereocenters. The maximum atomic E-state index is 13.0. The van der Waals surface area contributed by atoms with E-state index in [1.165, 1.54) is 23.9 Å². The Kier molecular flexibility index (Phi) is 4.75. The van der Waals surface area contributed by atoms with E-state index in [-0.39, 0.29) is 17.5 Å². The van der Waals surface area contributed by atoms with Crippen LogP contribution in [0.4, 0.5) is 10.1 Å². The summed E-state index contributed by atoms with van der Waals surface area (Å²) in [5, 5.41) is 11.3. The first-order valence-electron chi connectivity index (χ1n) is 5.86. The highest BCUT2D eigenvalue weighted by Crippen LogP contribution is 2.18. The molecule has 2 aromatic rings. The number of hydrogen-bond acceptors (Lipinski definition) is 3. The molecule has 2 aromatic carbocycles. The zero-order valence-corrected chi connectivity index (χ0v) is 11.3. The van der Waals surface area contributed by atoms with Gasteiger partial charge in [0.2, 0.25) is 5.91 Å². The average Bonchev–Trinajstić information content (AvgIpc) is 2.46. The summed E-state index contributed by atoms with van der Waals surface area (Å²) in [4.78, 5) is 12.6. The predicted octanol–water partition coefficient (Wildman–Crippen LogP) is 3.43. The smallest absolute Gasteiger partial charge is 0.234 e. The Bertz CT molecular complexity index is 650. The number of thioether (sulfide) groups is 1. The summed E-state index contributed by atoms with van der Waals surface area (Å²) in [6.07, 6.45) is 0. The van der Waals surface area contributed by atoms with Crippen molar-refractivity contribution >= 4 is 23.4 Å². The molecule has 0 heterocycles. The van der Waals surface area contributed by atoms with Crippen LogP contribution in [-0.2, 0) is 4.79 Å². The minimum atomic E-state index is -0.387. The summed E-state index contributed by atoms with van der Waals surface area (Å²) < 4.78 is 13.0. The lowest BCUT2D eigenvalue weighted by Crippen LogP contribution is -2.13. The lowest BCUT2D eigenvalue weighted by atomic mass is 10.2. The number of amides is 1. The van der Waals surface area contributed by atoms with E-state index >= 15 is 0 Å². The largest absolute Gasteiger partial charge is 0.325 e. The van der Waals surface area contributed by atoms with Crippen LogP contribution in [0.1, 0.15) is 5.56 Å². The number of nitrogens with zero attached hydrogens (tertiary/aromatic N) is 1. The number of carbonyl (C=O) groups is 1. The normalized spacial score (nSPS) is 9.80. The molecule has 0 aromatic heterocycles. The zero-order chi connectivity index (χ0) is 14.4. The second-order valence-electron chi connectivity index (χ2n) is 3.98. The third kappa shape index (κ3) is 4.11. The lowest BCUT2D eigenvalue weighted by Gasteiger charge is -2.05. The van der Waals surface area contributed by atoms with Crippen molar-refractivity contribution in [2.45, 2.75) is 4.90 Å². The van der Waals surface area contributed by atoms with Gasteiger partial charge in [-0.25, -0.2) is 4.39 Å². The van der Waals surface area contributed by atoms with Gasteiger partial charge in [0.25, 0.3) is 0 Å². The highest BCUT2D eigenvalue weighted by atomic mass is 32.2. The first kappa shape index (κ1) is 14.1. The topological polar surface area (TPSA) is 52.9 Å². The van der Waals surface area contributed by atoms with Crippen molar-refractivity contribution in [3.63, 3.8) is 0 Å². The summed E-state index contributed by atoms with van der Waals surface area (Å²) >= 11 is 1.36. The van der Waals surface area contributed by atoms with Crippen LogP contribution in [0.2, 0.25) is 0 Å². The van der Waals surface area contributed by atoms with Crippen molar-refractivity contribution in [3.05, 3.63) is 59.9 Å². The van der Waals surface area contributed by atoms with Gasteiger partial charge in [0, 0.05) is 10.6 Å². The maximum absolute atomic E-state index is 13.0. The molecule has 0 atom stereocenters. The molecule has 2 rings (SSSR count). The molecular formula is C15H11FN2OS. The van der Waals surface area contributed by atoms with E-state index < -0.39 is 0 Å². The number of anilines is 1. The van der Waals surface area contributed by atoms with Crippen molar-refractivity contribution in [1.82, 2.24) is 0 Å². The summed E-state index contributed by atoms with van der Waals surface area (Å²) in [5.41, 5.74) is 1.02. The van der Waals surface area contributed by atoms with Gasteiger partial charge in [-0.2, -0.15) is 5.26 Å². The van der Waals surface area contributed by atoms with E-state index in [9.17, 15) is 9.18 Å². The average molecular weight is 286 g/mol. The summed E-state index contributed by atoms with van der Waals surface area (Å²) in [6, 6.07) is 14.8. The van der Waals surface area contributed by atoms with Gasteiger partial charge < -0.3 is 5.32 Å². The standard InChI is InChI=1S/C15H11FN2OS/c16-12-2-1-3-13(8-12)18-15(19)10-20-14-6-4-11(9-17)5-7-14/h1-8H,10H2,(H,18,19). The van der Waals surface area contributed by atoms with Crippen LogP contribution < -0.4 is 5.32 Å². The lowest BCUT2D eigenvalue weighted by molar-refractivity contribution is -0.113. The van der Waals surface area contributed by atoms with E-state index in [0.717, 1.165) is 4.90 Å². The Morgan fingerprint density at radius 2 is 2.00 bits per heavy atom. The molecule has 0 radical (unpaired) electrons. The van der Waals surface area contributed by atoms with Gasteiger partial charge >= 0.3 is 0 Å². The quantitative estimate of drug-likeness (QED) is 0.876. The number of carbonyl (C=O) groups excluding carboxylic acids is 1. The molecule has 0 fully saturated rings. The van der Waals surface area contributed by atoms with Crippen molar-refractivity contribution in [1.29, 1.82) is 5.26 Å². The number of nitrogens with one attached hydrogen (secondary N) is 1. The fraction of sp³-hybridized carbons (Fsp3) is 0.0667. The molecule has 0 aliphatic carbocycles. The highest BCUT2D eigenvalue weighted by molar-refractivity contribution is 8.00. The Hall–Kier alpha value is -2.32. The Balaban J connectivity index is 1.87. The van der Waals surface area contributed by atoms with E-state index in [2.05, 4.69) is 5.32 Å². The van der Waals surface area contributed by atoms with Crippen molar-refractivity contribution < 1.29 is 9.18 Å². The van der Waals surface area contributed by atoms with Crippen LogP contribution in [0.25, 0.3) is 0 Å². The molecule has 1 amide bonds. The van der Waals surface area contributed by atoms with Gasteiger partial charge in [0.05, 0.1) is 17.4 Å². The summed E-state index contributed by atoms with van der Waals surface area (Å²) in [7, 11) is 0. The van der Waals surface area contributed by atoms with E-state index in [1.54, 1.807) is 36.4 Å². The molecule has 0 aliphatic heterocycles. The van der Waals surface area contributed by atoms with Crippen molar-refractivity contribution in [3.8, 4) is 6.07 Å². The fourth-order valence-electron chi connectivity index (χ4n) is 1.54.